The number of benzene rings is 1. The third-order valence-electron chi connectivity index (χ3n) is 5.06. The molecule has 3 fully saturated rings. The number of hydrogen-bond acceptors (Lipinski definition) is 5. The van der Waals surface area contributed by atoms with Crippen LogP contribution in [0.2, 0.25) is 0 Å². The van der Waals surface area contributed by atoms with Crippen LogP contribution >= 0.6 is 0 Å². The molecule has 3 saturated heterocycles. The van der Waals surface area contributed by atoms with Gasteiger partial charge in [-0.25, -0.2) is 0 Å². The fourth-order valence-electron chi connectivity index (χ4n) is 4.08. The zero-order valence-corrected chi connectivity index (χ0v) is 12.5. The molecule has 3 aliphatic rings. The standard InChI is InChI=1S/C16H20O5/c1-15-7-11-10(8-19-15)14(20-16(11,2)21-15)9-4-5-12(17)13(6-9)18-3/h4-6,10-11,14,17H,7-8H2,1-3H3/t10?,11?,14-,15+,16+/m0/s1. The average molecular weight is 292 g/mol. The van der Waals surface area contributed by atoms with E-state index in [0.717, 1.165) is 12.0 Å². The van der Waals surface area contributed by atoms with E-state index in [2.05, 4.69) is 0 Å². The van der Waals surface area contributed by atoms with Crippen LogP contribution in [-0.4, -0.2) is 30.4 Å². The molecule has 3 heterocycles. The monoisotopic (exact) mass is 292 g/mol. The Balaban J connectivity index is 1.69. The summed E-state index contributed by atoms with van der Waals surface area (Å²) in [4.78, 5) is 0. The van der Waals surface area contributed by atoms with Crippen molar-refractivity contribution in [3.8, 4) is 11.5 Å². The highest BCUT2D eigenvalue weighted by Gasteiger charge is 2.65. The van der Waals surface area contributed by atoms with Crippen molar-refractivity contribution in [2.24, 2.45) is 11.8 Å². The lowest BCUT2D eigenvalue weighted by Gasteiger charge is -2.35. The van der Waals surface area contributed by atoms with E-state index in [1.54, 1.807) is 13.2 Å². The van der Waals surface area contributed by atoms with Crippen LogP contribution in [0.4, 0.5) is 0 Å². The van der Waals surface area contributed by atoms with Gasteiger partial charge in [-0.3, -0.25) is 0 Å². The van der Waals surface area contributed by atoms with Crippen LogP contribution in [0.15, 0.2) is 18.2 Å². The van der Waals surface area contributed by atoms with E-state index in [-0.39, 0.29) is 17.8 Å². The molecule has 1 aromatic carbocycles. The van der Waals surface area contributed by atoms with Crippen LogP contribution in [0.25, 0.3) is 0 Å². The molecule has 2 bridgehead atoms. The molecule has 3 aliphatic heterocycles. The summed E-state index contributed by atoms with van der Waals surface area (Å²) in [7, 11) is 1.54. The molecular weight excluding hydrogens is 272 g/mol. The maximum atomic E-state index is 9.74. The van der Waals surface area contributed by atoms with E-state index in [1.165, 1.54) is 0 Å². The SMILES string of the molecule is COc1cc([C@@H]2O[C@]3(C)O[C@]4(C)CC3C2CO4)ccc1O. The fourth-order valence-corrected chi connectivity index (χ4v) is 4.08. The molecule has 0 amide bonds. The molecule has 5 nitrogen and oxygen atoms in total. The number of methoxy groups -OCH3 is 1. The van der Waals surface area contributed by atoms with Crippen LogP contribution in [0.3, 0.4) is 0 Å². The van der Waals surface area contributed by atoms with Gasteiger partial charge in [0.2, 0.25) is 0 Å². The molecular formula is C16H20O5. The van der Waals surface area contributed by atoms with Crippen molar-refractivity contribution in [2.45, 2.75) is 37.9 Å². The van der Waals surface area contributed by atoms with Gasteiger partial charge in [0.15, 0.2) is 23.1 Å². The van der Waals surface area contributed by atoms with E-state index in [0.29, 0.717) is 18.3 Å². The summed E-state index contributed by atoms with van der Waals surface area (Å²) in [6.45, 7) is 4.61. The highest BCUT2D eigenvalue weighted by atomic mass is 16.8. The number of fused-ring (bicyclic) bond motifs is 1. The molecule has 5 heteroatoms. The first-order chi connectivity index (χ1) is 9.94. The van der Waals surface area contributed by atoms with Gasteiger partial charge in [-0.05, 0) is 31.5 Å². The summed E-state index contributed by atoms with van der Waals surface area (Å²) in [6, 6.07) is 5.35. The number of ether oxygens (including phenoxy) is 4. The number of hydrogen-bond donors (Lipinski definition) is 1. The second-order valence-electron chi connectivity index (χ2n) is 6.51. The van der Waals surface area contributed by atoms with Crippen LogP contribution < -0.4 is 4.74 Å². The van der Waals surface area contributed by atoms with Crippen molar-refractivity contribution < 1.29 is 24.1 Å². The van der Waals surface area contributed by atoms with Crippen molar-refractivity contribution in [1.82, 2.24) is 0 Å². The number of phenols is 1. The molecule has 114 valence electrons. The Labute approximate surface area is 123 Å². The number of aromatic hydroxyl groups is 1. The lowest BCUT2D eigenvalue weighted by Crippen LogP contribution is -2.38. The largest absolute Gasteiger partial charge is 0.504 e. The first-order valence-electron chi connectivity index (χ1n) is 7.33. The summed E-state index contributed by atoms with van der Waals surface area (Å²) in [5.74, 6) is 0.0928. The topological polar surface area (TPSA) is 57.2 Å². The molecule has 1 aromatic rings. The third-order valence-corrected chi connectivity index (χ3v) is 5.06. The minimum atomic E-state index is -0.592. The first-order valence-corrected chi connectivity index (χ1v) is 7.33. The lowest BCUT2D eigenvalue weighted by atomic mass is 9.80. The van der Waals surface area contributed by atoms with Gasteiger partial charge in [0.25, 0.3) is 0 Å². The molecule has 0 saturated carbocycles. The Morgan fingerprint density at radius 1 is 1.33 bits per heavy atom. The quantitative estimate of drug-likeness (QED) is 0.908. The van der Waals surface area contributed by atoms with Crippen molar-refractivity contribution in [2.75, 3.05) is 13.7 Å². The van der Waals surface area contributed by atoms with E-state index >= 15 is 0 Å². The molecule has 0 spiro atoms. The number of phenolic OH excluding ortho intramolecular Hbond substituents is 1. The van der Waals surface area contributed by atoms with Crippen molar-refractivity contribution in [3.05, 3.63) is 23.8 Å². The van der Waals surface area contributed by atoms with Gasteiger partial charge >= 0.3 is 0 Å². The van der Waals surface area contributed by atoms with E-state index in [1.807, 2.05) is 26.0 Å². The molecule has 2 unspecified atom stereocenters. The first kappa shape index (κ1) is 13.4. The Bertz CT molecular complexity index is 588. The third kappa shape index (κ3) is 1.81. The van der Waals surface area contributed by atoms with Gasteiger partial charge in [-0.1, -0.05) is 6.07 Å². The molecule has 0 aromatic heterocycles. The smallest absolute Gasteiger partial charge is 0.173 e. The van der Waals surface area contributed by atoms with Crippen molar-refractivity contribution in [3.63, 3.8) is 0 Å². The van der Waals surface area contributed by atoms with E-state index in [4.69, 9.17) is 18.9 Å². The molecule has 21 heavy (non-hydrogen) atoms. The number of rotatable bonds is 2. The minimum absolute atomic E-state index is 0.0978. The lowest BCUT2D eigenvalue weighted by molar-refractivity contribution is -0.320. The normalized spacial score (nSPS) is 44.0. The summed E-state index contributed by atoms with van der Waals surface area (Å²) in [5, 5.41) is 9.74. The summed E-state index contributed by atoms with van der Waals surface area (Å²) in [5.41, 5.74) is 0.987. The van der Waals surface area contributed by atoms with Gasteiger partial charge in [-0.15, -0.1) is 0 Å². The van der Waals surface area contributed by atoms with Gasteiger partial charge in [0.05, 0.1) is 19.8 Å². The van der Waals surface area contributed by atoms with Crippen LogP contribution in [0, 0.1) is 11.8 Å². The average Bonchev–Trinajstić information content (AvgIpc) is 2.81. The van der Waals surface area contributed by atoms with Gasteiger partial charge < -0.3 is 24.1 Å². The van der Waals surface area contributed by atoms with Crippen molar-refractivity contribution >= 4 is 0 Å². The Morgan fingerprint density at radius 2 is 2.14 bits per heavy atom. The second kappa shape index (κ2) is 4.12. The van der Waals surface area contributed by atoms with Gasteiger partial charge in [0, 0.05) is 18.3 Å². The second-order valence-corrected chi connectivity index (χ2v) is 6.51. The van der Waals surface area contributed by atoms with E-state index < -0.39 is 11.6 Å². The molecule has 1 N–H and O–H groups in total. The predicted octanol–water partition coefficient (Wildman–Crippen LogP) is 2.59. The molecule has 4 rings (SSSR count). The van der Waals surface area contributed by atoms with Gasteiger partial charge in [-0.2, -0.15) is 0 Å². The summed E-state index contributed by atoms with van der Waals surface area (Å²) >= 11 is 0. The zero-order chi connectivity index (χ0) is 14.8. The van der Waals surface area contributed by atoms with Crippen LogP contribution in [0.1, 0.15) is 31.9 Å². The van der Waals surface area contributed by atoms with Crippen LogP contribution in [0.5, 0.6) is 11.5 Å². The zero-order valence-electron chi connectivity index (χ0n) is 12.5. The fraction of sp³-hybridized carbons (Fsp3) is 0.625. The maximum absolute atomic E-state index is 9.74. The van der Waals surface area contributed by atoms with Crippen LogP contribution in [-0.2, 0) is 14.2 Å². The Morgan fingerprint density at radius 3 is 2.90 bits per heavy atom. The highest BCUT2D eigenvalue weighted by Crippen LogP contribution is 2.60. The Hall–Kier alpha value is -1.30. The molecule has 5 atom stereocenters. The Kier molecular flexibility index (Phi) is 2.62. The summed E-state index contributed by atoms with van der Waals surface area (Å²) < 4.78 is 23.4. The van der Waals surface area contributed by atoms with Gasteiger partial charge in [0.1, 0.15) is 0 Å². The summed E-state index contributed by atoms with van der Waals surface area (Å²) in [6.07, 6.45) is 0.763. The van der Waals surface area contributed by atoms with E-state index in [9.17, 15) is 5.11 Å². The molecule has 0 radical (unpaired) electrons. The van der Waals surface area contributed by atoms with Crippen molar-refractivity contribution in [1.29, 1.82) is 0 Å². The highest BCUT2D eigenvalue weighted by molar-refractivity contribution is 5.43. The molecule has 0 aliphatic carbocycles. The minimum Gasteiger partial charge on any atom is -0.504 e. The predicted molar refractivity (Wildman–Crippen MR) is 73.9 cm³/mol. The maximum Gasteiger partial charge on any atom is 0.173 e.